The number of nitrogens with zero attached hydrogens (tertiary/aromatic N) is 4. The van der Waals surface area contributed by atoms with Gasteiger partial charge in [0.25, 0.3) is 0 Å². The number of benzene rings is 1. The average Bonchev–Trinajstić information content (AvgIpc) is 3.47. The number of likely N-dealkylation sites (N-methyl/N-ethyl adjacent to an activating group) is 1. The molecular formula is C22H33N5O. The first-order valence-electron chi connectivity index (χ1n) is 10.3. The highest BCUT2D eigenvalue weighted by Crippen LogP contribution is 2.28. The summed E-state index contributed by atoms with van der Waals surface area (Å²) < 4.78 is 7.69. The van der Waals surface area contributed by atoms with Crippen LogP contribution in [-0.2, 0) is 11.2 Å². The molecule has 1 aliphatic carbocycles. The van der Waals surface area contributed by atoms with Gasteiger partial charge in [-0.25, -0.2) is 4.68 Å². The molecule has 0 spiro atoms. The van der Waals surface area contributed by atoms with Crippen molar-refractivity contribution in [2.24, 2.45) is 10.9 Å². The zero-order chi connectivity index (χ0) is 19.8. The van der Waals surface area contributed by atoms with Crippen LogP contribution in [0.15, 0.2) is 41.5 Å². The largest absolute Gasteiger partial charge is 0.379 e. The summed E-state index contributed by atoms with van der Waals surface area (Å²) in [6, 6.07) is 10.2. The van der Waals surface area contributed by atoms with E-state index in [1.54, 1.807) is 0 Å². The number of rotatable bonds is 10. The van der Waals surface area contributed by atoms with E-state index in [0.717, 1.165) is 62.4 Å². The van der Waals surface area contributed by atoms with Crippen molar-refractivity contribution in [1.29, 1.82) is 0 Å². The summed E-state index contributed by atoms with van der Waals surface area (Å²) in [5, 5.41) is 8.10. The van der Waals surface area contributed by atoms with Gasteiger partial charge in [-0.3, -0.25) is 4.99 Å². The quantitative estimate of drug-likeness (QED) is 0.389. The van der Waals surface area contributed by atoms with Gasteiger partial charge in [0.05, 0.1) is 18.0 Å². The molecule has 1 aromatic carbocycles. The minimum atomic E-state index is 0.756. The van der Waals surface area contributed by atoms with Gasteiger partial charge in [0.2, 0.25) is 0 Å². The predicted octanol–water partition coefficient (Wildman–Crippen LogP) is 3.05. The molecule has 1 aliphatic rings. The maximum absolute atomic E-state index is 5.72. The van der Waals surface area contributed by atoms with E-state index in [9.17, 15) is 0 Å². The summed E-state index contributed by atoms with van der Waals surface area (Å²) in [4.78, 5) is 6.51. The van der Waals surface area contributed by atoms with Crippen LogP contribution in [0.25, 0.3) is 5.69 Å². The van der Waals surface area contributed by atoms with Crippen LogP contribution in [0, 0.1) is 12.8 Å². The van der Waals surface area contributed by atoms with Crippen LogP contribution in [0.2, 0.25) is 0 Å². The first-order chi connectivity index (χ1) is 13.7. The second-order valence-corrected chi connectivity index (χ2v) is 7.54. The molecule has 2 aromatic rings. The second-order valence-electron chi connectivity index (χ2n) is 7.54. The van der Waals surface area contributed by atoms with Crippen molar-refractivity contribution in [2.45, 2.75) is 32.6 Å². The summed E-state index contributed by atoms with van der Waals surface area (Å²) in [6.45, 7) is 5.49. The zero-order valence-electron chi connectivity index (χ0n) is 17.4. The molecule has 0 bridgehead atoms. The van der Waals surface area contributed by atoms with Gasteiger partial charge in [0.1, 0.15) is 0 Å². The Morgan fingerprint density at radius 1 is 1.32 bits per heavy atom. The highest BCUT2D eigenvalue weighted by Gasteiger charge is 2.21. The van der Waals surface area contributed by atoms with Gasteiger partial charge in [-0.2, -0.15) is 5.10 Å². The van der Waals surface area contributed by atoms with Crippen LogP contribution in [0.4, 0.5) is 0 Å². The molecule has 0 aliphatic heterocycles. The van der Waals surface area contributed by atoms with Crippen LogP contribution in [0.3, 0.4) is 0 Å². The first kappa shape index (κ1) is 20.4. The van der Waals surface area contributed by atoms with Gasteiger partial charge in [-0.05, 0) is 56.2 Å². The van der Waals surface area contributed by atoms with Crippen molar-refractivity contribution in [1.82, 2.24) is 20.0 Å². The molecule has 6 nitrogen and oxygen atoms in total. The molecule has 1 aromatic heterocycles. The molecule has 0 unspecified atom stereocenters. The number of hydrogen-bond acceptors (Lipinski definition) is 3. The molecule has 152 valence electrons. The molecule has 0 amide bonds. The van der Waals surface area contributed by atoms with Crippen LogP contribution in [0.1, 0.15) is 30.5 Å². The molecule has 1 N–H and O–H groups in total. The van der Waals surface area contributed by atoms with Gasteiger partial charge < -0.3 is 15.0 Å². The fourth-order valence-electron chi connectivity index (χ4n) is 3.16. The lowest BCUT2D eigenvalue weighted by Crippen LogP contribution is -2.41. The number of nitrogens with one attached hydrogen (secondary N) is 1. The normalized spacial score (nSPS) is 14.3. The first-order valence-corrected chi connectivity index (χ1v) is 10.3. The monoisotopic (exact) mass is 383 g/mol. The predicted molar refractivity (Wildman–Crippen MR) is 114 cm³/mol. The zero-order valence-corrected chi connectivity index (χ0v) is 17.4. The lowest BCUT2D eigenvalue weighted by atomic mass is 10.1. The van der Waals surface area contributed by atoms with E-state index in [4.69, 9.17) is 4.74 Å². The van der Waals surface area contributed by atoms with Crippen molar-refractivity contribution in [2.75, 3.05) is 40.4 Å². The lowest BCUT2D eigenvalue weighted by Gasteiger charge is -2.22. The molecule has 1 heterocycles. The number of aromatic nitrogens is 2. The third-order valence-electron chi connectivity index (χ3n) is 5.12. The molecule has 0 radical (unpaired) electrons. The highest BCUT2D eigenvalue weighted by molar-refractivity contribution is 5.79. The third-order valence-corrected chi connectivity index (χ3v) is 5.12. The van der Waals surface area contributed by atoms with Gasteiger partial charge in [-0.15, -0.1) is 0 Å². The van der Waals surface area contributed by atoms with Crippen LogP contribution < -0.4 is 5.32 Å². The molecule has 28 heavy (non-hydrogen) atoms. The summed E-state index contributed by atoms with van der Waals surface area (Å²) in [6.07, 6.45) is 6.84. The molecule has 0 saturated heterocycles. The summed E-state index contributed by atoms with van der Waals surface area (Å²) in [7, 11) is 3.89. The average molecular weight is 384 g/mol. The van der Waals surface area contributed by atoms with E-state index in [2.05, 4.69) is 52.6 Å². The topological polar surface area (TPSA) is 54.7 Å². The maximum atomic E-state index is 5.72. The van der Waals surface area contributed by atoms with Crippen molar-refractivity contribution >= 4 is 5.96 Å². The Morgan fingerprint density at radius 2 is 2.11 bits per heavy atom. The number of ether oxygens (including phenoxy) is 1. The van der Waals surface area contributed by atoms with E-state index in [1.807, 2.05) is 29.9 Å². The van der Waals surface area contributed by atoms with Gasteiger partial charge in [0, 0.05) is 40.0 Å². The van der Waals surface area contributed by atoms with E-state index < -0.39 is 0 Å². The van der Waals surface area contributed by atoms with Gasteiger partial charge in [-0.1, -0.05) is 18.2 Å². The van der Waals surface area contributed by atoms with Gasteiger partial charge >= 0.3 is 0 Å². The Hall–Kier alpha value is -2.34. The van der Waals surface area contributed by atoms with Crippen molar-refractivity contribution in [3.8, 4) is 5.69 Å². The number of guanidine groups is 1. The number of aliphatic imine (C=N–C) groups is 1. The fraction of sp³-hybridized carbons (Fsp3) is 0.545. The molecule has 3 rings (SSSR count). The van der Waals surface area contributed by atoms with Crippen LogP contribution in [-0.4, -0.2) is 61.0 Å². The molecule has 1 saturated carbocycles. The summed E-state index contributed by atoms with van der Waals surface area (Å²) in [5.74, 6) is 1.74. The maximum Gasteiger partial charge on any atom is 0.193 e. The van der Waals surface area contributed by atoms with Crippen molar-refractivity contribution in [3.63, 3.8) is 0 Å². The molecule has 1 fully saturated rings. The Balaban J connectivity index is 1.38. The second kappa shape index (κ2) is 10.3. The Labute approximate surface area is 168 Å². The minimum Gasteiger partial charge on any atom is -0.379 e. The summed E-state index contributed by atoms with van der Waals surface area (Å²) in [5.41, 5.74) is 3.49. The Morgan fingerprint density at radius 3 is 2.82 bits per heavy atom. The molecule has 0 atom stereocenters. The van der Waals surface area contributed by atoms with Crippen LogP contribution in [0.5, 0.6) is 0 Å². The number of aryl methyl sites for hydroxylation is 2. The lowest BCUT2D eigenvalue weighted by molar-refractivity contribution is 0.115. The summed E-state index contributed by atoms with van der Waals surface area (Å²) >= 11 is 0. The fourth-order valence-corrected chi connectivity index (χ4v) is 3.16. The minimum absolute atomic E-state index is 0.756. The van der Waals surface area contributed by atoms with E-state index in [0.29, 0.717) is 0 Å². The van der Waals surface area contributed by atoms with E-state index in [-0.39, 0.29) is 0 Å². The van der Waals surface area contributed by atoms with E-state index in [1.165, 1.54) is 18.4 Å². The van der Waals surface area contributed by atoms with E-state index >= 15 is 0 Å². The molecule has 6 heteroatoms. The van der Waals surface area contributed by atoms with Gasteiger partial charge in [0.15, 0.2) is 5.96 Å². The highest BCUT2D eigenvalue weighted by atomic mass is 16.5. The van der Waals surface area contributed by atoms with Crippen LogP contribution >= 0.6 is 0 Å². The van der Waals surface area contributed by atoms with Crippen molar-refractivity contribution in [3.05, 3.63) is 47.8 Å². The SMILES string of the molecule is CN=C(NCCCc1cn(-c2ccccc2)nc1C)N(C)CCOCC1CC1. The standard InChI is InChI=1S/C22H33N5O/c1-18-20(16-27(25-18)21-9-5-4-6-10-21)8-7-13-24-22(23-2)26(3)14-15-28-17-19-11-12-19/h4-6,9-10,16,19H,7-8,11-15,17H2,1-3H3,(H,23,24). The number of para-hydroxylation sites is 1. The van der Waals surface area contributed by atoms with Crippen molar-refractivity contribution < 1.29 is 4.74 Å². The third kappa shape index (κ3) is 6.09. The Kier molecular flexibility index (Phi) is 7.48. The smallest absolute Gasteiger partial charge is 0.193 e. The Bertz CT molecular complexity index is 752. The molecular weight excluding hydrogens is 350 g/mol. The number of hydrogen-bond donors (Lipinski definition) is 1.